The Morgan fingerprint density at radius 3 is 2.24 bits per heavy atom. The van der Waals surface area contributed by atoms with Crippen LogP contribution in [-0.2, 0) is 0 Å². The first kappa shape index (κ1) is 11.7. The van der Waals surface area contributed by atoms with Gasteiger partial charge in [-0.05, 0) is 36.6 Å². The third kappa shape index (κ3) is 2.88. The highest BCUT2D eigenvalue weighted by molar-refractivity contribution is 5.46. The van der Waals surface area contributed by atoms with E-state index in [9.17, 15) is 0 Å². The van der Waals surface area contributed by atoms with Crippen LogP contribution in [-0.4, -0.2) is 0 Å². The van der Waals surface area contributed by atoms with E-state index in [4.69, 9.17) is 0 Å². The highest BCUT2D eigenvalue weighted by Gasteiger charge is 2.10. The fraction of sp³-hybridized carbons (Fsp3) is 0.250. The van der Waals surface area contributed by atoms with E-state index in [0.29, 0.717) is 6.04 Å². The number of hydrogen-bond donors (Lipinski definition) is 1. The Bertz CT molecular complexity index is 462. The number of hydrogen-bond acceptors (Lipinski definition) is 1. The summed E-state index contributed by atoms with van der Waals surface area (Å²) in [6.07, 6.45) is 1.08. The fourth-order valence-corrected chi connectivity index (χ4v) is 2.11. The van der Waals surface area contributed by atoms with Crippen molar-refractivity contribution in [3.05, 3.63) is 65.7 Å². The number of nitrogens with one attached hydrogen (secondary N) is 1. The molecule has 0 radical (unpaired) electrons. The van der Waals surface area contributed by atoms with Gasteiger partial charge in [-0.3, -0.25) is 0 Å². The molecule has 0 fully saturated rings. The van der Waals surface area contributed by atoms with Crippen LogP contribution in [0, 0.1) is 6.92 Å². The molecule has 1 unspecified atom stereocenters. The van der Waals surface area contributed by atoms with Crippen molar-refractivity contribution in [3.63, 3.8) is 0 Å². The molecule has 2 aromatic rings. The van der Waals surface area contributed by atoms with E-state index in [1.807, 2.05) is 6.07 Å². The van der Waals surface area contributed by atoms with Crippen LogP contribution in [0.2, 0.25) is 0 Å². The van der Waals surface area contributed by atoms with Crippen LogP contribution in [0.4, 0.5) is 5.69 Å². The molecule has 1 heteroatoms. The highest BCUT2D eigenvalue weighted by Crippen LogP contribution is 2.24. The zero-order valence-electron chi connectivity index (χ0n) is 10.5. The van der Waals surface area contributed by atoms with Crippen LogP contribution >= 0.6 is 0 Å². The van der Waals surface area contributed by atoms with Crippen molar-refractivity contribution in [2.45, 2.75) is 26.3 Å². The van der Waals surface area contributed by atoms with Crippen LogP contribution < -0.4 is 5.32 Å². The Balaban J connectivity index is 2.21. The second-order valence-electron chi connectivity index (χ2n) is 4.33. The fourth-order valence-electron chi connectivity index (χ4n) is 2.11. The first-order chi connectivity index (χ1) is 8.31. The van der Waals surface area contributed by atoms with Crippen molar-refractivity contribution in [3.8, 4) is 0 Å². The molecule has 0 saturated heterocycles. The van der Waals surface area contributed by atoms with Gasteiger partial charge in [0.1, 0.15) is 0 Å². The Kier molecular flexibility index (Phi) is 3.81. The molecule has 0 aliphatic heterocycles. The summed E-state index contributed by atoms with van der Waals surface area (Å²) in [7, 11) is 0. The van der Waals surface area contributed by atoms with E-state index in [1.54, 1.807) is 0 Å². The van der Waals surface area contributed by atoms with Gasteiger partial charge in [-0.15, -0.1) is 0 Å². The molecule has 0 spiro atoms. The van der Waals surface area contributed by atoms with Crippen molar-refractivity contribution >= 4 is 5.69 Å². The summed E-state index contributed by atoms with van der Waals surface area (Å²) >= 11 is 0. The molecule has 0 aromatic heterocycles. The molecule has 2 rings (SSSR count). The SMILES string of the molecule is CCC(Nc1ccccc1)c1ccccc1C. The van der Waals surface area contributed by atoms with Gasteiger partial charge in [-0.25, -0.2) is 0 Å². The molecule has 0 aliphatic rings. The van der Waals surface area contributed by atoms with Crippen molar-refractivity contribution in [2.24, 2.45) is 0 Å². The number of aryl methyl sites for hydroxylation is 1. The van der Waals surface area contributed by atoms with Crippen LogP contribution in [0.5, 0.6) is 0 Å². The molecule has 1 nitrogen and oxygen atoms in total. The predicted molar refractivity (Wildman–Crippen MR) is 74.3 cm³/mol. The molecular weight excluding hydrogens is 206 g/mol. The predicted octanol–water partition coefficient (Wildman–Crippen LogP) is 4.56. The number of rotatable bonds is 4. The minimum atomic E-state index is 0.388. The molecule has 0 aliphatic carbocycles. The second kappa shape index (κ2) is 5.53. The van der Waals surface area contributed by atoms with E-state index in [0.717, 1.165) is 6.42 Å². The van der Waals surface area contributed by atoms with E-state index >= 15 is 0 Å². The topological polar surface area (TPSA) is 12.0 Å². The Morgan fingerprint density at radius 2 is 1.59 bits per heavy atom. The van der Waals surface area contributed by atoms with Gasteiger partial charge in [0.25, 0.3) is 0 Å². The maximum Gasteiger partial charge on any atom is 0.0513 e. The Labute approximate surface area is 103 Å². The van der Waals surface area contributed by atoms with Crippen molar-refractivity contribution in [1.82, 2.24) is 0 Å². The second-order valence-corrected chi connectivity index (χ2v) is 4.33. The molecule has 1 atom stereocenters. The van der Waals surface area contributed by atoms with Gasteiger partial charge in [0.05, 0.1) is 6.04 Å². The molecule has 0 amide bonds. The molecule has 88 valence electrons. The summed E-state index contributed by atoms with van der Waals surface area (Å²) in [6, 6.07) is 19.4. The lowest BCUT2D eigenvalue weighted by atomic mass is 9.99. The smallest absolute Gasteiger partial charge is 0.0513 e. The van der Waals surface area contributed by atoms with Crippen molar-refractivity contribution in [2.75, 3.05) is 5.32 Å². The van der Waals surface area contributed by atoms with Gasteiger partial charge in [0, 0.05) is 5.69 Å². The summed E-state index contributed by atoms with van der Waals surface area (Å²) in [6.45, 7) is 4.39. The lowest BCUT2D eigenvalue weighted by molar-refractivity contribution is 0.744. The van der Waals surface area contributed by atoms with Crippen molar-refractivity contribution in [1.29, 1.82) is 0 Å². The van der Waals surface area contributed by atoms with Gasteiger partial charge in [-0.1, -0.05) is 49.4 Å². The quantitative estimate of drug-likeness (QED) is 0.804. The highest BCUT2D eigenvalue weighted by atomic mass is 14.9. The third-order valence-corrected chi connectivity index (χ3v) is 3.09. The maximum atomic E-state index is 3.59. The molecule has 0 bridgehead atoms. The van der Waals surface area contributed by atoms with Crippen molar-refractivity contribution < 1.29 is 0 Å². The van der Waals surface area contributed by atoms with E-state index in [-0.39, 0.29) is 0 Å². The first-order valence-electron chi connectivity index (χ1n) is 6.18. The van der Waals surface area contributed by atoms with Crippen LogP contribution in [0.15, 0.2) is 54.6 Å². The number of benzene rings is 2. The number of para-hydroxylation sites is 1. The summed E-state index contributed by atoms with van der Waals surface area (Å²) in [4.78, 5) is 0. The van der Waals surface area contributed by atoms with Crippen LogP contribution in [0.1, 0.15) is 30.5 Å². The average Bonchev–Trinajstić information content (AvgIpc) is 2.38. The molecule has 2 aromatic carbocycles. The summed E-state index contributed by atoms with van der Waals surface area (Å²) in [5.41, 5.74) is 3.92. The summed E-state index contributed by atoms with van der Waals surface area (Å²) in [5.74, 6) is 0. The molecule has 1 N–H and O–H groups in total. The standard InChI is InChI=1S/C16H19N/c1-3-16(15-12-8-7-9-13(15)2)17-14-10-5-4-6-11-14/h4-12,16-17H,3H2,1-2H3. The van der Waals surface area contributed by atoms with E-state index in [2.05, 4.69) is 67.7 Å². The third-order valence-electron chi connectivity index (χ3n) is 3.09. The zero-order chi connectivity index (χ0) is 12.1. The molecular formula is C16H19N. The van der Waals surface area contributed by atoms with Gasteiger partial charge < -0.3 is 5.32 Å². The molecule has 17 heavy (non-hydrogen) atoms. The van der Waals surface area contributed by atoms with Gasteiger partial charge in [0.2, 0.25) is 0 Å². The number of anilines is 1. The maximum absolute atomic E-state index is 3.59. The molecule has 0 heterocycles. The van der Waals surface area contributed by atoms with E-state index < -0.39 is 0 Å². The van der Waals surface area contributed by atoms with Gasteiger partial charge in [-0.2, -0.15) is 0 Å². The average molecular weight is 225 g/mol. The summed E-state index contributed by atoms with van der Waals surface area (Å²) in [5, 5.41) is 3.59. The van der Waals surface area contributed by atoms with Gasteiger partial charge in [0.15, 0.2) is 0 Å². The monoisotopic (exact) mass is 225 g/mol. The van der Waals surface area contributed by atoms with Gasteiger partial charge >= 0.3 is 0 Å². The van der Waals surface area contributed by atoms with Crippen LogP contribution in [0.3, 0.4) is 0 Å². The first-order valence-corrected chi connectivity index (χ1v) is 6.18. The minimum absolute atomic E-state index is 0.388. The normalized spacial score (nSPS) is 12.1. The van der Waals surface area contributed by atoms with E-state index in [1.165, 1.54) is 16.8 Å². The zero-order valence-corrected chi connectivity index (χ0v) is 10.5. The Hall–Kier alpha value is -1.76. The lowest BCUT2D eigenvalue weighted by Crippen LogP contribution is -2.10. The van der Waals surface area contributed by atoms with Crippen LogP contribution in [0.25, 0.3) is 0 Å². The lowest BCUT2D eigenvalue weighted by Gasteiger charge is -2.20. The molecule has 0 saturated carbocycles. The minimum Gasteiger partial charge on any atom is -0.378 e. The largest absolute Gasteiger partial charge is 0.378 e. The Morgan fingerprint density at radius 1 is 0.941 bits per heavy atom. The summed E-state index contributed by atoms with van der Waals surface area (Å²) < 4.78 is 0.